The normalized spacial score (nSPS) is 11.6. The van der Waals surface area contributed by atoms with Gasteiger partial charge in [0, 0.05) is 23.0 Å². The lowest BCUT2D eigenvalue weighted by molar-refractivity contribution is -0.144. The Morgan fingerprint density at radius 3 is 2.47 bits per heavy atom. The number of hydrogen-bond donors (Lipinski definition) is 2. The molecule has 0 fully saturated rings. The van der Waals surface area contributed by atoms with Gasteiger partial charge in [-0.2, -0.15) is 0 Å². The summed E-state index contributed by atoms with van der Waals surface area (Å²) >= 11 is 6.14. The van der Waals surface area contributed by atoms with Crippen LogP contribution in [-0.2, 0) is 25.5 Å². The van der Waals surface area contributed by atoms with Gasteiger partial charge in [0.1, 0.15) is 5.82 Å². The number of carboxylic acid groups (broad SMARTS) is 1. The highest BCUT2D eigenvalue weighted by atomic mass is 35.5. The molecule has 1 unspecified atom stereocenters. The molecule has 1 atom stereocenters. The predicted octanol–water partition coefficient (Wildman–Crippen LogP) is 3.99. The zero-order chi connectivity index (χ0) is 22.1. The molecule has 0 radical (unpaired) electrons. The SMILES string of the molecule is CCOC(=O)CC(Cc1ccc(-c2cc(F)ccc2Cl)cc1)NC(=O)CCC(=O)O. The molecule has 0 heterocycles. The molecule has 0 spiro atoms. The van der Waals surface area contributed by atoms with Gasteiger partial charge in [0.2, 0.25) is 5.91 Å². The molecule has 2 aromatic carbocycles. The van der Waals surface area contributed by atoms with Gasteiger partial charge in [-0.25, -0.2) is 4.39 Å². The number of carbonyl (C=O) groups is 3. The maximum atomic E-state index is 13.5. The zero-order valence-electron chi connectivity index (χ0n) is 16.5. The van der Waals surface area contributed by atoms with E-state index in [4.69, 9.17) is 21.4 Å². The summed E-state index contributed by atoms with van der Waals surface area (Å²) < 4.78 is 18.5. The van der Waals surface area contributed by atoms with Crippen molar-refractivity contribution in [1.29, 1.82) is 0 Å². The molecule has 160 valence electrons. The van der Waals surface area contributed by atoms with Gasteiger partial charge in [-0.15, -0.1) is 0 Å². The Hall–Kier alpha value is -2.93. The average Bonchev–Trinajstić information content (AvgIpc) is 2.69. The van der Waals surface area contributed by atoms with Crippen molar-refractivity contribution in [1.82, 2.24) is 5.32 Å². The summed E-state index contributed by atoms with van der Waals surface area (Å²) in [6.07, 6.45) is -0.161. The second-order valence-electron chi connectivity index (χ2n) is 6.69. The second-order valence-corrected chi connectivity index (χ2v) is 7.10. The van der Waals surface area contributed by atoms with E-state index >= 15 is 0 Å². The molecule has 0 aliphatic heterocycles. The monoisotopic (exact) mass is 435 g/mol. The number of hydrogen-bond acceptors (Lipinski definition) is 4. The maximum Gasteiger partial charge on any atom is 0.307 e. The molecular formula is C22H23ClFNO5. The topological polar surface area (TPSA) is 92.7 Å². The van der Waals surface area contributed by atoms with Crippen molar-refractivity contribution in [3.63, 3.8) is 0 Å². The van der Waals surface area contributed by atoms with Gasteiger partial charge in [-0.3, -0.25) is 14.4 Å². The third-order valence-electron chi connectivity index (χ3n) is 4.32. The van der Waals surface area contributed by atoms with E-state index in [1.54, 1.807) is 31.2 Å². The quantitative estimate of drug-likeness (QED) is 0.550. The van der Waals surface area contributed by atoms with Gasteiger partial charge >= 0.3 is 11.9 Å². The number of carboxylic acids is 1. The van der Waals surface area contributed by atoms with E-state index in [9.17, 15) is 18.8 Å². The van der Waals surface area contributed by atoms with Crippen molar-refractivity contribution in [2.24, 2.45) is 0 Å². The first-order chi connectivity index (χ1) is 14.3. The second kappa shape index (κ2) is 11.3. The van der Waals surface area contributed by atoms with Gasteiger partial charge in [0.05, 0.1) is 19.4 Å². The smallest absolute Gasteiger partial charge is 0.307 e. The first kappa shape index (κ1) is 23.3. The Bertz CT molecular complexity index is 901. The van der Waals surface area contributed by atoms with Gasteiger partial charge in [0.15, 0.2) is 0 Å². The number of esters is 1. The van der Waals surface area contributed by atoms with Crippen molar-refractivity contribution < 1.29 is 28.6 Å². The maximum absolute atomic E-state index is 13.5. The lowest BCUT2D eigenvalue weighted by atomic mass is 9.99. The van der Waals surface area contributed by atoms with E-state index in [0.29, 0.717) is 17.0 Å². The lowest BCUT2D eigenvalue weighted by Gasteiger charge is -2.18. The summed E-state index contributed by atoms with van der Waals surface area (Å²) in [6.45, 7) is 1.91. The summed E-state index contributed by atoms with van der Waals surface area (Å²) in [5.41, 5.74) is 2.13. The summed E-state index contributed by atoms with van der Waals surface area (Å²) in [7, 11) is 0. The Kier molecular flexibility index (Phi) is 8.80. The highest BCUT2D eigenvalue weighted by Gasteiger charge is 2.18. The van der Waals surface area contributed by atoms with Crippen LogP contribution in [0, 0.1) is 5.82 Å². The first-order valence-electron chi connectivity index (χ1n) is 9.49. The van der Waals surface area contributed by atoms with Crippen LogP contribution in [-0.4, -0.2) is 35.6 Å². The van der Waals surface area contributed by atoms with Crippen molar-refractivity contribution in [2.45, 2.75) is 38.6 Å². The Morgan fingerprint density at radius 1 is 1.13 bits per heavy atom. The molecule has 6 nitrogen and oxygen atoms in total. The lowest BCUT2D eigenvalue weighted by Crippen LogP contribution is -2.38. The predicted molar refractivity (Wildman–Crippen MR) is 111 cm³/mol. The summed E-state index contributed by atoms with van der Waals surface area (Å²) in [6, 6.07) is 10.7. The Labute approximate surface area is 179 Å². The number of amides is 1. The van der Waals surface area contributed by atoms with Crippen LogP contribution in [0.2, 0.25) is 5.02 Å². The number of carbonyl (C=O) groups excluding carboxylic acids is 2. The molecule has 0 saturated heterocycles. The number of ether oxygens (including phenoxy) is 1. The third-order valence-corrected chi connectivity index (χ3v) is 4.65. The van der Waals surface area contributed by atoms with Crippen LogP contribution >= 0.6 is 11.6 Å². The number of rotatable bonds is 10. The van der Waals surface area contributed by atoms with Gasteiger partial charge in [-0.05, 0) is 42.7 Å². The van der Waals surface area contributed by atoms with Crippen molar-refractivity contribution in [3.05, 3.63) is 58.9 Å². The number of aliphatic carboxylic acids is 1. The molecular weight excluding hydrogens is 413 g/mol. The van der Waals surface area contributed by atoms with E-state index in [-0.39, 0.29) is 25.9 Å². The molecule has 8 heteroatoms. The molecule has 2 N–H and O–H groups in total. The minimum absolute atomic E-state index is 0.0376. The van der Waals surface area contributed by atoms with Crippen LogP contribution in [0.1, 0.15) is 31.7 Å². The zero-order valence-corrected chi connectivity index (χ0v) is 17.2. The van der Waals surface area contributed by atoms with E-state index in [2.05, 4.69) is 5.32 Å². The van der Waals surface area contributed by atoms with Gasteiger partial charge < -0.3 is 15.2 Å². The van der Waals surface area contributed by atoms with Crippen LogP contribution in [0.4, 0.5) is 4.39 Å². The minimum Gasteiger partial charge on any atom is -0.481 e. The fourth-order valence-corrected chi connectivity index (χ4v) is 3.17. The standard InChI is InChI=1S/C22H23ClFNO5/c1-2-30-22(29)13-17(25-20(26)9-10-21(27)28)11-14-3-5-15(6-4-14)18-12-16(24)7-8-19(18)23/h3-8,12,17H,2,9-11,13H2,1H3,(H,25,26)(H,27,28). The first-order valence-corrected chi connectivity index (χ1v) is 9.87. The molecule has 2 rings (SSSR count). The molecule has 0 aliphatic carbocycles. The molecule has 0 saturated carbocycles. The molecule has 1 amide bonds. The van der Waals surface area contributed by atoms with Crippen LogP contribution in [0.5, 0.6) is 0 Å². The minimum atomic E-state index is -1.07. The molecule has 0 aromatic heterocycles. The van der Waals surface area contributed by atoms with E-state index in [1.165, 1.54) is 18.2 Å². The Morgan fingerprint density at radius 2 is 1.83 bits per heavy atom. The fourth-order valence-electron chi connectivity index (χ4n) is 2.94. The van der Waals surface area contributed by atoms with E-state index in [1.807, 2.05) is 0 Å². The largest absolute Gasteiger partial charge is 0.481 e. The van der Waals surface area contributed by atoms with E-state index < -0.39 is 29.7 Å². The fraction of sp³-hybridized carbons (Fsp3) is 0.318. The Balaban J connectivity index is 2.11. The summed E-state index contributed by atoms with van der Waals surface area (Å²) in [4.78, 5) is 34.6. The molecule has 0 aliphatic rings. The molecule has 0 bridgehead atoms. The number of nitrogens with one attached hydrogen (secondary N) is 1. The average molecular weight is 436 g/mol. The van der Waals surface area contributed by atoms with Crippen molar-refractivity contribution >= 4 is 29.4 Å². The van der Waals surface area contributed by atoms with Crippen LogP contribution in [0.25, 0.3) is 11.1 Å². The van der Waals surface area contributed by atoms with Crippen molar-refractivity contribution in [2.75, 3.05) is 6.61 Å². The van der Waals surface area contributed by atoms with Crippen molar-refractivity contribution in [3.8, 4) is 11.1 Å². The van der Waals surface area contributed by atoms with Gasteiger partial charge in [0.25, 0.3) is 0 Å². The third kappa shape index (κ3) is 7.48. The highest BCUT2D eigenvalue weighted by molar-refractivity contribution is 6.33. The summed E-state index contributed by atoms with van der Waals surface area (Å²) in [5.74, 6) is -2.37. The van der Waals surface area contributed by atoms with E-state index in [0.717, 1.165) is 11.1 Å². The van der Waals surface area contributed by atoms with Crippen LogP contribution < -0.4 is 5.32 Å². The van der Waals surface area contributed by atoms with Crippen LogP contribution in [0.15, 0.2) is 42.5 Å². The number of benzene rings is 2. The highest BCUT2D eigenvalue weighted by Crippen LogP contribution is 2.29. The molecule has 2 aromatic rings. The van der Waals surface area contributed by atoms with Crippen LogP contribution in [0.3, 0.4) is 0 Å². The molecule has 30 heavy (non-hydrogen) atoms. The number of halogens is 2. The van der Waals surface area contributed by atoms with Gasteiger partial charge in [-0.1, -0.05) is 35.9 Å². The summed E-state index contributed by atoms with van der Waals surface area (Å²) in [5, 5.41) is 11.8.